The van der Waals surface area contributed by atoms with Crippen molar-refractivity contribution in [1.82, 2.24) is 20.1 Å². The van der Waals surface area contributed by atoms with E-state index in [0.717, 1.165) is 29.4 Å². The predicted octanol–water partition coefficient (Wildman–Crippen LogP) is 4.50. The molecule has 1 aliphatic rings. The highest BCUT2D eigenvalue weighted by Gasteiger charge is 2.23. The number of thioether (sulfide) groups is 1. The molecule has 1 saturated carbocycles. The molecule has 7 heteroatoms. The largest absolute Gasteiger partial charge is 0.356 e. The molecule has 1 N–H and O–H groups in total. The first kappa shape index (κ1) is 20.8. The summed E-state index contributed by atoms with van der Waals surface area (Å²) in [5, 5.41) is 12.7. The second-order valence-electron chi connectivity index (χ2n) is 7.52. The van der Waals surface area contributed by atoms with Gasteiger partial charge in [0.1, 0.15) is 11.6 Å². The van der Waals surface area contributed by atoms with Gasteiger partial charge in [0, 0.05) is 25.4 Å². The number of nitrogens with one attached hydrogen (secondary N) is 1. The van der Waals surface area contributed by atoms with E-state index in [9.17, 15) is 9.18 Å². The number of aromatic nitrogens is 3. The lowest BCUT2D eigenvalue weighted by Crippen LogP contribution is -2.26. The number of carbonyl (C=O) groups is 1. The van der Waals surface area contributed by atoms with Crippen LogP contribution in [0.3, 0.4) is 0 Å². The van der Waals surface area contributed by atoms with Crippen LogP contribution in [-0.2, 0) is 11.2 Å². The molecule has 0 aliphatic heterocycles. The molecule has 3 rings (SSSR count). The van der Waals surface area contributed by atoms with Crippen molar-refractivity contribution in [3.63, 3.8) is 0 Å². The molecular weight excluding hydrogens is 375 g/mol. The standard InChI is InChI=1S/C21H29FN4OS/c1-15(16-9-11-17(22)12-10-16)14-20(27)23-13-5-8-19-24-25-21(28-2)26(19)18-6-3-4-7-18/h9-12,15,18H,3-8,13-14H2,1-2H3,(H,23,27). The molecule has 1 aromatic carbocycles. The third-order valence-corrected chi connectivity index (χ3v) is 6.08. The summed E-state index contributed by atoms with van der Waals surface area (Å²) in [6, 6.07) is 6.89. The predicted molar refractivity (Wildman–Crippen MR) is 110 cm³/mol. The van der Waals surface area contributed by atoms with E-state index in [1.165, 1.54) is 37.8 Å². The Morgan fingerprint density at radius 1 is 1.29 bits per heavy atom. The Bertz CT molecular complexity index is 771. The van der Waals surface area contributed by atoms with Gasteiger partial charge in [-0.25, -0.2) is 4.39 Å². The van der Waals surface area contributed by atoms with Crippen molar-refractivity contribution in [2.75, 3.05) is 12.8 Å². The molecule has 1 atom stereocenters. The lowest BCUT2D eigenvalue weighted by molar-refractivity contribution is -0.121. The van der Waals surface area contributed by atoms with E-state index in [4.69, 9.17) is 0 Å². The third-order valence-electron chi connectivity index (χ3n) is 5.44. The summed E-state index contributed by atoms with van der Waals surface area (Å²) < 4.78 is 15.3. The van der Waals surface area contributed by atoms with Crippen molar-refractivity contribution >= 4 is 17.7 Å². The van der Waals surface area contributed by atoms with Crippen LogP contribution >= 0.6 is 11.8 Å². The van der Waals surface area contributed by atoms with Gasteiger partial charge in [-0.05, 0) is 49.1 Å². The highest BCUT2D eigenvalue weighted by atomic mass is 32.2. The van der Waals surface area contributed by atoms with Crippen LogP contribution in [0.25, 0.3) is 0 Å². The van der Waals surface area contributed by atoms with E-state index in [2.05, 4.69) is 20.1 Å². The van der Waals surface area contributed by atoms with Gasteiger partial charge in [0.2, 0.25) is 5.91 Å². The fourth-order valence-corrected chi connectivity index (χ4v) is 4.45. The maximum atomic E-state index is 13.0. The van der Waals surface area contributed by atoms with E-state index in [1.54, 1.807) is 23.9 Å². The van der Waals surface area contributed by atoms with Gasteiger partial charge in [-0.3, -0.25) is 4.79 Å². The maximum Gasteiger partial charge on any atom is 0.220 e. The van der Waals surface area contributed by atoms with Crippen molar-refractivity contribution in [3.8, 4) is 0 Å². The number of rotatable bonds is 9. The lowest BCUT2D eigenvalue weighted by Gasteiger charge is -2.16. The van der Waals surface area contributed by atoms with E-state index < -0.39 is 0 Å². The molecule has 1 aliphatic carbocycles. The lowest BCUT2D eigenvalue weighted by atomic mass is 9.97. The summed E-state index contributed by atoms with van der Waals surface area (Å²) >= 11 is 1.65. The molecule has 0 saturated heterocycles. The molecule has 1 amide bonds. The zero-order chi connectivity index (χ0) is 19.9. The first-order valence-electron chi connectivity index (χ1n) is 10.1. The van der Waals surface area contributed by atoms with Gasteiger partial charge in [0.15, 0.2) is 5.16 Å². The minimum Gasteiger partial charge on any atom is -0.356 e. The van der Waals surface area contributed by atoms with Crippen molar-refractivity contribution in [2.24, 2.45) is 0 Å². The topological polar surface area (TPSA) is 59.8 Å². The molecule has 1 heterocycles. The second-order valence-corrected chi connectivity index (χ2v) is 8.29. The van der Waals surface area contributed by atoms with Crippen LogP contribution in [0.15, 0.2) is 29.4 Å². The second kappa shape index (κ2) is 10.0. The summed E-state index contributed by atoms with van der Waals surface area (Å²) in [7, 11) is 0. The zero-order valence-electron chi connectivity index (χ0n) is 16.7. The van der Waals surface area contributed by atoms with Crippen LogP contribution in [0.4, 0.5) is 4.39 Å². The Morgan fingerprint density at radius 2 is 2.00 bits per heavy atom. The molecule has 1 unspecified atom stereocenters. The monoisotopic (exact) mass is 404 g/mol. The fraction of sp³-hybridized carbons (Fsp3) is 0.571. The molecule has 1 fully saturated rings. The highest BCUT2D eigenvalue weighted by molar-refractivity contribution is 7.98. The first-order chi connectivity index (χ1) is 13.6. The molecule has 1 aromatic heterocycles. The van der Waals surface area contributed by atoms with Crippen LogP contribution in [0.1, 0.15) is 68.8 Å². The summed E-state index contributed by atoms with van der Waals surface area (Å²) in [6.07, 6.45) is 9.07. The van der Waals surface area contributed by atoms with Gasteiger partial charge < -0.3 is 9.88 Å². The highest BCUT2D eigenvalue weighted by Crippen LogP contribution is 2.33. The zero-order valence-corrected chi connectivity index (χ0v) is 17.5. The quantitative estimate of drug-likeness (QED) is 0.494. The Balaban J connectivity index is 1.45. The van der Waals surface area contributed by atoms with E-state index >= 15 is 0 Å². The number of hydrogen-bond acceptors (Lipinski definition) is 4. The van der Waals surface area contributed by atoms with E-state index in [0.29, 0.717) is 19.0 Å². The molecule has 2 aromatic rings. The van der Waals surface area contributed by atoms with Crippen molar-refractivity contribution in [2.45, 2.75) is 69.0 Å². The number of carbonyl (C=O) groups excluding carboxylic acids is 1. The normalized spacial score (nSPS) is 15.7. The minimum absolute atomic E-state index is 0.0267. The summed E-state index contributed by atoms with van der Waals surface area (Å²) in [4.78, 5) is 12.2. The van der Waals surface area contributed by atoms with Gasteiger partial charge in [-0.2, -0.15) is 0 Å². The molecule has 152 valence electrons. The van der Waals surface area contributed by atoms with E-state index in [-0.39, 0.29) is 17.6 Å². The Labute approximate surface area is 170 Å². The van der Waals surface area contributed by atoms with Gasteiger partial charge in [0.25, 0.3) is 0 Å². The minimum atomic E-state index is -0.254. The first-order valence-corrected chi connectivity index (χ1v) is 11.3. The van der Waals surface area contributed by atoms with Crippen LogP contribution in [0.2, 0.25) is 0 Å². The van der Waals surface area contributed by atoms with Gasteiger partial charge in [0.05, 0.1) is 0 Å². The average molecular weight is 405 g/mol. The molecular formula is C21H29FN4OS. The maximum absolute atomic E-state index is 13.0. The van der Waals surface area contributed by atoms with Crippen molar-refractivity contribution < 1.29 is 9.18 Å². The van der Waals surface area contributed by atoms with Crippen LogP contribution < -0.4 is 5.32 Å². The number of amides is 1. The molecule has 28 heavy (non-hydrogen) atoms. The third kappa shape index (κ3) is 5.34. The van der Waals surface area contributed by atoms with Gasteiger partial charge in [-0.15, -0.1) is 10.2 Å². The van der Waals surface area contributed by atoms with Crippen molar-refractivity contribution in [1.29, 1.82) is 0 Å². The molecule has 0 bridgehead atoms. The van der Waals surface area contributed by atoms with Gasteiger partial charge in [-0.1, -0.05) is 43.7 Å². The Morgan fingerprint density at radius 3 is 2.68 bits per heavy atom. The Kier molecular flexibility index (Phi) is 7.48. The number of aryl methyl sites for hydroxylation is 1. The molecule has 5 nitrogen and oxygen atoms in total. The molecule has 0 spiro atoms. The smallest absolute Gasteiger partial charge is 0.220 e. The number of nitrogens with zero attached hydrogens (tertiary/aromatic N) is 3. The Hall–Kier alpha value is -1.89. The summed E-state index contributed by atoms with van der Waals surface area (Å²) in [6.45, 7) is 2.61. The summed E-state index contributed by atoms with van der Waals surface area (Å²) in [5.74, 6) is 0.870. The van der Waals surface area contributed by atoms with Crippen LogP contribution in [0, 0.1) is 5.82 Å². The number of halogens is 1. The van der Waals surface area contributed by atoms with Crippen molar-refractivity contribution in [3.05, 3.63) is 41.5 Å². The van der Waals surface area contributed by atoms with Crippen LogP contribution in [-0.4, -0.2) is 33.5 Å². The molecule has 0 radical (unpaired) electrons. The van der Waals surface area contributed by atoms with E-state index in [1.807, 2.05) is 13.2 Å². The number of benzene rings is 1. The van der Waals surface area contributed by atoms with Gasteiger partial charge >= 0.3 is 0 Å². The SMILES string of the molecule is CSc1nnc(CCCNC(=O)CC(C)c2ccc(F)cc2)n1C1CCCC1. The summed E-state index contributed by atoms with van der Waals surface area (Å²) in [5.41, 5.74) is 0.978. The van der Waals surface area contributed by atoms with Crippen LogP contribution in [0.5, 0.6) is 0 Å². The number of hydrogen-bond donors (Lipinski definition) is 1. The average Bonchev–Trinajstić information content (AvgIpc) is 3.34. The fourth-order valence-electron chi connectivity index (χ4n) is 3.88.